The fourth-order valence-electron chi connectivity index (χ4n) is 0.846. The van der Waals surface area contributed by atoms with E-state index in [9.17, 15) is 9.59 Å². The molecule has 0 radical (unpaired) electrons. The van der Waals surface area contributed by atoms with E-state index in [0.29, 0.717) is 6.42 Å². The van der Waals surface area contributed by atoms with Crippen LogP contribution < -0.4 is 5.43 Å². The van der Waals surface area contributed by atoms with Gasteiger partial charge in [-0.3, -0.25) is 0 Å². The minimum atomic E-state index is -1.31. The van der Waals surface area contributed by atoms with Gasteiger partial charge >= 0.3 is 12.2 Å². The number of nitrogens with one attached hydrogen (secondary N) is 1. The SMILES string of the molecule is C=CCCN(NC(=O)O)C(=O)OC(C)(C)C. The highest BCUT2D eigenvalue weighted by atomic mass is 16.6. The van der Waals surface area contributed by atoms with Gasteiger partial charge in [0.15, 0.2) is 0 Å². The Bertz CT molecular complexity index is 270. The Kier molecular flexibility index (Phi) is 5.35. The molecular weight excluding hydrogens is 212 g/mol. The molecule has 6 heteroatoms. The van der Waals surface area contributed by atoms with Gasteiger partial charge in [0.25, 0.3) is 0 Å². The molecule has 0 atom stereocenters. The minimum absolute atomic E-state index is 0.185. The van der Waals surface area contributed by atoms with Crippen LogP contribution in [0.15, 0.2) is 12.7 Å². The second kappa shape index (κ2) is 5.99. The zero-order valence-corrected chi connectivity index (χ0v) is 9.82. The third-order valence-electron chi connectivity index (χ3n) is 1.40. The molecule has 0 heterocycles. The molecule has 0 aromatic rings. The first-order valence-corrected chi connectivity index (χ1v) is 4.87. The summed E-state index contributed by atoms with van der Waals surface area (Å²) in [6, 6.07) is 0. The van der Waals surface area contributed by atoms with Gasteiger partial charge in [0.1, 0.15) is 5.60 Å². The highest BCUT2D eigenvalue weighted by Crippen LogP contribution is 2.09. The van der Waals surface area contributed by atoms with Crippen LogP contribution in [-0.4, -0.2) is 34.4 Å². The molecule has 6 nitrogen and oxygen atoms in total. The lowest BCUT2D eigenvalue weighted by Crippen LogP contribution is -2.48. The highest BCUT2D eigenvalue weighted by molar-refractivity contribution is 5.73. The average molecular weight is 230 g/mol. The largest absolute Gasteiger partial charge is 0.464 e. The van der Waals surface area contributed by atoms with Crippen molar-refractivity contribution in [3.63, 3.8) is 0 Å². The molecule has 0 aliphatic rings. The van der Waals surface area contributed by atoms with Crippen molar-refractivity contribution >= 4 is 12.2 Å². The van der Waals surface area contributed by atoms with E-state index in [1.807, 2.05) is 5.43 Å². The van der Waals surface area contributed by atoms with E-state index < -0.39 is 17.8 Å². The summed E-state index contributed by atoms with van der Waals surface area (Å²) in [5.74, 6) is 0. The normalized spacial score (nSPS) is 10.4. The zero-order chi connectivity index (χ0) is 12.8. The number of carbonyl (C=O) groups is 2. The van der Waals surface area contributed by atoms with Gasteiger partial charge in [0.2, 0.25) is 0 Å². The lowest BCUT2D eigenvalue weighted by Gasteiger charge is -2.26. The summed E-state index contributed by atoms with van der Waals surface area (Å²) < 4.78 is 5.02. The maximum absolute atomic E-state index is 11.5. The molecule has 0 spiro atoms. The number of carboxylic acid groups (broad SMARTS) is 1. The first-order chi connectivity index (χ1) is 7.26. The van der Waals surface area contributed by atoms with Crippen LogP contribution in [0.3, 0.4) is 0 Å². The molecule has 0 aliphatic carbocycles. The Hall–Kier alpha value is -1.72. The van der Waals surface area contributed by atoms with Crippen molar-refractivity contribution in [2.45, 2.75) is 32.8 Å². The molecular formula is C10H18N2O4. The molecule has 0 saturated heterocycles. The minimum Gasteiger partial charge on any atom is -0.464 e. The maximum atomic E-state index is 11.5. The van der Waals surface area contributed by atoms with E-state index in [1.54, 1.807) is 26.8 Å². The first-order valence-electron chi connectivity index (χ1n) is 4.87. The molecule has 0 aliphatic heterocycles. The fourth-order valence-corrected chi connectivity index (χ4v) is 0.846. The van der Waals surface area contributed by atoms with Gasteiger partial charge in [-0.2, -0.15) is 0 Å². The number of rotatable bonds is 3. The van der Waals surface area contributed by atoms with Crippen LogP contribution in [-0.2, 0) is 4.74 Å². The lowest BCUT2D eigenvalue weighted by atomic mass is 10.2. The van der Waals surface area contributed by atoms with Crippen molar-refractivity contribution in [2.24, 2.45) is 0 Å². The molecule has 0 fully saturated rings. The van der Waals surface area contributed by atoms with Crippen LogP contribution in [0.2, 0.25) is 0 Å². The van der Waals surface area contributed by atoms with Gasteiger partial charge in [-0.05, 0) is 27.2 Å². The summed E-state index contributed by atoms with van der Waals surface area (Å²) >= 11 is 0. The number of amides is 2. The van der Waals surface area contributed by atoms with E-state index in [-0.39, 0.29) is 6.54 Å². The second-order valence-corrected chi connectivity index (χ2v) is 4.13. The quantitative estimate of drug-likeness (QED) is 0.574. The molecule has 0 aromatic carbocycles. The van der Waals surface area contributed by atoms with Crippen molar-refractivity contribution in [3.8, 4) is 0 Å². The van der Waals surface area contributed by atoms with E-state index in [0.717, 1.165) is 5.01 Å². The molecule has 0 saturated carbocycles. The Morgan fingerprint density at radius 3 is 2.44 bits per heavy atom. The van der Waals surface area contributed by atoms with Crippen molar-refractivity contribution in [2.75, 3.05) is 6.54 Å². The van der Waals surface area contributed by atoms with Crippen LogP contribution in [0.25, 0.3) is 0 Å². The van der Waals surface area contributed by atoms with Crippen LogP contribution >= 0.6 is 0 Å². The molecule has 0 bridgehead atoms. The van der Waals surface area contributed by atoms with Crippen LogP contribution in [0.5, 0.6) is 0 Å². The third kappa shape index (κ3) is 6.69. The molecule has 16 heavy (non-hydrogen) atoms. The number of hydrogen-bond acceptors (Lipinski definition) is 3. The predicted octanol–water partition coefficient (Wildman–Crippen LogP) is 1.98. The lowest BCUT2D eigenvalue weighted by molar-refractivity contribution is 0.0147. The summed E-state index contributed by atoms with van der Waals surface area (Å²) in [7, 11) is 0. The van der Waals surface area contributed by atoms with Crippen LogP contribution in [0, 0.1) is 0 Å². The van der Waals surface area contributed by atoms with E-state index in [4.69, 9.17) is 9.84 Å². The molecule has 0 rings (SSSR count). The Morgan fingerprint density at radius 1 is 1.50 bits per heavy atom. The smallest absolute Gasteiger partial charge is 0.429 e. The summed E-state index contributed by atoms with van der Waals surface area (Å²) in [6.07, 6.45) is 0.0205. The first kappa shape index (κ1) is 14.3. The Labute approximate surface area is 94.8 Å². The predicted molar refractivity (Wildman–Crippen MR) is 58.9 cm³/mol. The summed E-state index contributed by atoms with van der Waals surface area (Å²) in [5.41, 5.74) is 1.30. The second-order valence-electron chi connectivity index (χ2n) is 4.13. The van der Waals surface area contributed by atoms with Gasteiger partial charge < -0.3 is 9.84 Å². The number of nitrogens with zero attached hydrogens (tertiary/aromatic N) is 1. The topological polar surface area (TPSA) is 78.9 Å². The highest BCUT2D eigenvalue weighted by Gasteiger charge is 2.22. The van der Waals surface area contributed by atoms with Gasteiger partial charge in [0.05, 0.1) is 0 Å². The summed E-state index contributed by atoms with van der Waals surface area (Å²) in [5, 5.41) is 9.44. The van der Waals surface area contributed by atoms with Gasteiger partial charge in [-0.1, -0.05) is 6.08 Å². The zero-order valence-electron chi connectivity index (χ0n) is 9.82. The number of hydrogen-bond donors (Lipinski definition) is 2. The van der Waals surface area contributed by atoms with E-state index >= 15 is 0 Å². The van der Waals surface area contributed by atoms with E-state index in [2.05, 4.69) is 6.58 Å². The van der Waals surface area contributed by atoms with Crippen molar-refractivity contribution in [1.29, 1.82) is 0 Å². The molecule has 2 N–H and O–H groups in total. The molecule has 2 amide bonds. The maximum Gasteiger partial charge on any atom is 0.429 e. The van der Waals surface area contributed by atoms with Gasteiger partial charge in [-0.15, -0.1) is 6.58 Å². The van der Waals surface area contributed by atoms with Gasteiger partial charge in [-0.25, -0.2) is 20.0 Å². The van der Waals surface area contributed by atoms with E-state index in [1.165, 1.54) is 0 Å². The standard InChI is InChI=1S/C10H18N2O4/c1-5-6-7-12(11-8(13)14)9(15)16-10(2,3)4/h5,11H,1,6-7H2,2-4H3,(H,13,14). The monoisotopic (exact) mass is 230 g/mol. The van der Waals surface area contributed by atoms with Crippen molar-refractivity contribution in [3.05, 3.63) is 12.7 Å². The number of ether oxygens (including phenoxy) is 1. The fraction of sp³-hybridized carbons (Fsp3) is 0.600. The Morgan fingerprint density at radius 2 is 2.06 bits per heavy atom. The van der Waals surface area contributed by atoms with Crippen molar-refractivity contribution in [1.82, 2.24) is 10.4 Å². The van der Waals surface area contributed by atoms with Crippen LogP contribution in [0.4, 0.5) is 9.59 Å². The molecule has 0 aromatic heterocycles. The van der Waals surface area contributed by atoms with Crippen LogP contribution in [0.1, 0.15) is 27.2 Å². The number of hydrazine groups is 1. The Balaban J connectivity index is 4.42. The summed E-state index contributed by atoms with van der Waals surface area (Å²) in [4.78, 5) is 22.0. The average Bonchev–Trinajstić information content (AvgIpc) is 2.08. The summed E-state index contributed by atoms with van der Waals surface area (Å²) in [6.45, 7) is 8.79. The third-order valence-corrected chi connectivity index (χ3v) is 1.40. The number of carbonyl (C=O) groups excluding carboxylic acids is 1. The van der Waals surface area contributed by atoms with Gasteiger partial charge in [0, 0.05) is 6.54 Å². The molecule has 92 valence electrons. The molecule has 0 unspecified atom stereocenters. The van der Waals surface area contributed by atoms with Crippen molar-refractivity contribution < 1.29 is 19.4 Å².